The Balaban J connectivity index is 0.000000280. The zero-order valence-corrected chi connectivity index (χ0v) is 57.0. The topological polar surface area (TPSA) is 38.7 Å². The second kappa shape index (κ2) is 32.3. The summed E-state index contributed by atoms with van der Waals surface area (Å²) in [5.41, 5.74) is 35.0. The highest BCUT2D eigenvalue weighted by atomic mass is 15.0. The van der Waals surface area contributed by atoms with Gasteiger partial charge in [0.2, 0.25) is 0 Å². The molecule has 88 heavy (non-hydrogen) atoms. The van der Waals surface area contributed by atoms with Gasteiger partial charge < -0.3 is 0 Å². The molecule has 0 fully saturated rings. The maximum absolute atomic E-state index is 5.07. The van der Waals surface area contributed by atoms with Crippen molar-refractivity contribution in [3.8, 4) is 56.4 Å². The van der Waals surface area contributed by atoms with Crippen LogP contribution in [0.3, 0.4) is 0 Å². The molecule has 0 amide bonds. The van der Waals surface area contributed by atoms with E-state index in [1.807, 2.05) is 0 Å². The standard InChI is InChI=1S/C55H67N3.C30H38/c1-8-9-10-11-12-13-14-15-16-17-20-45-25-29-48(30-26-45)54-56-53(47-27-23-39(2)24-28-47)57-55(58-54)49-33-31-46(32-34-49)52-38-43(6)51(37-44(52)7)22-19-18-21-50-36-41(4)40(3)35-42(50)5;1-19-13-23(5)27(15-21(19)3)11-9-10-12-28-16-26(8)30(18-24(28)6)29-17-22(4)20(2)14-25(29)7/h23-38H,8-22H2,1-7H3;13-18H,9-12H2,1-8H3. The number of hydrogen-bond donors (Lipinski definition) is 0. The number of aryl methyl sites for hydroxylation is 19. The third-order valence-corrected chi connectivity index (χ3v) is 19.1. The summed E-state index contributed by atoms with van der Waals surface area (Å²) in [6, 6.07) is 49.9. The van der Waals surface area contributed by atoms with Gasteiger partial charge in [-0.1, -0.05) is 204 Å². The van der Waals surface area contributed by atoms with Gasteiger partial charge in [-0.3, -0.25) is 0 Å². The van der Waals surface area contributed by atoms with Crippen LogP contribution in [-0.2, 0) is 32.1 Å². The fourth-order valence-corrected chi connectivity index (χ4v) is 12.9. The fourth-order valence-electron chi connectivity index (χ4n) is 12.9. The monoisotopic (exact) mass is 1170 g/mol. The first-order valence-corrected chi connectivity index (χ1v) is 33.8. The Kier molecular flexibility index (Phi) is 24.5. The van der Waals surface area contributed by atoms with Gasteiger partial charge in [0.05, 0.1) is 0 Å². The van der Waals surface area contributed by atoms with Crippen LogP contribution in [0.15, 0.2) is 133 Å². The van der Waals surface area contributed by atoms with E-state index in [0.717, 1.165) is 36.0 Å². The van der Waals surface area contributed by atoms with Crippen LogP contribution in [0.5, 0.6) is 0 Å². The minimum absolute atomic E-state index is 0.695. The first-order valence-electron chi connectivity index (χ1n) is 33.8. The van der Waals surface area contributed by atoms with Gasteiger partial charge in [0, 0.05) is 16.7 Å². The van der Waals surface area contributed by atoms with Crippen LogP contribution in [-0.4, -0.2) is 15.0 Å². The molecule has 0 saturated carbocycles. The van der Waals surface area contributed by atoms with Gasteiger partial charge in [0.25, 0.3) is 0 Å². The summed E-state index contributed by atoms with van der Waals surface area (Å²) in [7, 11) is 0. The molecule has 9 rings (SSSR count). The number of unbranched alkanes of at least 4 members (excludes halogenated alkanes) is 11. The number of nitrogens with zero attached hydrogens (tertiary/aromatic N) is 3. The van der Waals surface area contributed by atoms with Crippen molar-refractivity contribution >= 4 is 0 Å². The third-order valence-electron chi connectivity index (χ3n) is 19.1. The maximum atomic E-state index is 5.07. The summed E-state index contributed by atoms with van der Waals surface area (Å²) in [6.07, 6.45) is 24.3. The van der Waals surface area contributed by atoms with Crippen molar-refractivity contribution in [1.82, 2.24) is 15.0 Å². The Morgan fingerprint density at radius 1 is 0.227 bits per heavy atom. The number of benzene rings is 8. The molecule has 0 atom stereocenters. The molecule has 1 heterocycles. The average Bonchev–Trinajstić information content (AvgIpc) is 1.61. The van der Waals surface area contributed by atoms with E-state index in [2.05, 4.69) is 237 Å². The number of aromatic nitrogens is 3. The summed E-state index contributed by atoms with van der Waals surface area (Å²) in [4.78, 5) is 15.1. The maximum Gasteiger partial charge on any atom is 0.164 e. The highest BCUT2D eigenvalue weighted by molar-refractivity contribution is 5.74. The predicted octanol–water partition coefficient (Wildman–Crippen LogP) is 23.8. The van der Waals surface area contributed by atoms with E-state index in [1.165, 1.54) is 231 Å². The van der Waals surface area contributed by atoms with E-state index in [1.54, 1.807) is 0 Å². The Morgan fingerprint density at radius 3 is 0.932 bits per heavy atom. The van der Waals surface area contributed by atoms with Crippen molar-refractivity contribution in [2.45, 2.75) is 226 Å². The normalized spacial score (nSPS) is 11.3. The average molecular weight is 1170 g/mol. The molecule has 0 aliphatic carbocycles. The third kappa shape index (κ3) is 18.4. The SMILES string of the molecule is CCCCCCCCCCCCc1ccc(-c2nc(-c3ccc(C)cc3)nc(-c3ccc(-c4cc(C)c(CCCCc5cc(C)c(C)cc5C)cc4C)cc3)n2)cc1.Cc1cc(C)c(CCCCc2cc(C)c(-c3cc(C)c(C)cc3C)cc2C)cc1C. The Bertz CT molecular complexity index is 3740. The predicted molar refractivity (Wildman–Crippen MR) is 381 cm³/mol. The van der Waals surface area contributed by atoms with E-state index < -0.39 is 0 Å². The van der Waals surface area contributed by atoms with Crippen LogP contribution in [0.4, 0.5) is 0 Å². The Morgan fingerprint density at radius 2 is 0.500 bits per heavy atom. The lowest BCUT2D eigenvalue weighted by atomic mass is 9.89. The summed E-state index contributed by atoms with van der Waals surface area (Å²) >= 11 is 0. The van der Waals surface area contributed by atoms with Gasteiger partial charge in [-0.15, -0.1) is 0 Å². The molecule has 0 spiro atoms. The van der Waals surface area contributed by atoms with Crippen molar-refractivity contribution in [2.75, 3.05) is 0 Å². The minimum Gasteiger partial charge on any atom is -0.208 e. The van der Waals surface area contributed by atoms with Crippen LogP contribution in [0.25, 0.3) is 56.4 Å². The molecule has 3 heteroatoms. The first-order chi connectivity index (χ1) is 42.3. The molecule has 9 aromatic rings. The van der Waals surface area contributed by atoms with Gasteiger partial charge >= 0.3 is 0 Å². The highest BCUT2D eigenvalue weighted by Crippen LogP contribution is 2.34. The van der Waals surface area contributed by atoms with E-state index in [4.69, 9.17) is 15.0 Å². The number of hydrogen-bond acceptors (Lipinski definition) is 3. The molecule has 0 N–H and O–H groups in total. The van der Waals surface area contributed by atoms with Crippen LogP contribution in [0, 0.1) is 96.9 Å². The Hall–Kier alpha value is -7.23. The van der Waals surface area contributed by atoms with Gasteiger partial charge in [-0.05, 0) is 284 Å². The van der Waals surface area contributed by atoms with E-state index in [9.17, 15) is 0 Å². The lowest BCUT2D eigenvalue weighted by molar-refractivity contribution is 0.556. The molecule has 0 aliphatic rings. The second-order valence-corrected chi connectivity index (χ2v) is 26.5. The fraction of sp³-hybridized carbons (Fsp3) is 0.400. The largest absolute Gasteiger partial charge is 0.208 e. The van der Waals surface area contributed by atoms with E-state index in [0.29, 0.717) is 17.5 Å². The van der Waals surface area contributed by atoms with Gasteiger partial charge in [-0.25, -0.2) is 15.0 Å². The molecule has 0 unspecified atom stereocenters. The molecule has 1 aromatic heterocycles. The molecule has 0 aliphatic heterocycles. The molecule has 8 aromatic carbocycles. The molecular formula is C85H105N3. The van der Waals surface area contributed by atoms with E-state index >= 15 is 0 Å². The van der Waals surface area contributed by atoms with Crippen molar-refractivity contribution in [2.24, 2.45) is 0 Å². The lowest BCUT2D eigenvalue weighted by Gasteiger charge is -2.16. The van der Waals surface area contributed by atoms with Crippen LogP contribution >= 0.6 is 0 Å². The smallest absolute Gasteiger partial charge is 0.164 e. The van der Waals surface area contributed by atoms with Crippen LogP contribution < -0.4 is 0 Å². The quantitative estimate of drug-likeness (QED) is 0.0507. The van der Waals surface area contributed by atoms with Gasteiger partial charge in [0.15, 0.2) is 17.5 Å². The number of rotatable bonds is 26. The molecule has 0 radical (unpaired) electrons. The van der Waals surface area contributed by atoms with E-state index in [-0.39, 0.29) is 0 Å². The van der Waals surface area contributed by atoms with Crippen molar-refractivity contribution in [1.29, 1.82) is 0 Å². The second-order valence-electron chi connectivity index (χ2n) is 26.5. The van der Waals surface area contributed by atoms with Crippen molar-refractivity contribution in [3.63, 3.8) is 0 Å². The molecule has 460 valence electrons. The highest BCUT2D eigenvalue weighted by Gasteiger charge is 2.16. The zero-order valence-electron chi connectivity index (χ0n) is 57.0. The van der Waals surface area contributed by atoms with Crippen LogP contribution in [0.1, 0.15) is 203 Å². The molecule has 0 saturated heterocycles. The summed E-state index contributed by atoms with van der Waals surface area (Å²) in [5.74, 6) is 2.10. The Labute approximate surface area is 533 Å². The first kappa shape index (κ1) is 66.7. The summed E-state index contributed by atoms with van der Waals surface area (Å²) in [6.45, 7) is 33.5. The van der Waals surface area contributed by atoms with Gasteiger partial charge in [-0.2, -0.15) is 0 Å². The van der Waals surface area contributed by atoms with Gasteiger partial charge in [0.1, 0.15) is 0 Å². The molecular weight excluding hydrogens is 1060 g/mol. The lowest BCUT2D eigenvalue weighted by Crippen LogP contribution is -2.00. The minimum atomic E-state index is 0.695. The van der Waals surface area contributed by atoms with Crippen molar-refractivity contribution < 1.29 is 0 Å². The molecule has 0 bridgehead atoms. The van der Waals surface area contributed by atoms with Crippen molar-refractivity contribution in [3.05, 3.63) is 239 Å². The summed E-state index contributed by atoms with van der Waals surface area (Å²) < 4.78 is 0. The van der Waals surface area contributed by atoms with Crippen LogP contribution in [0.2, 0.25) is 0 Å². The molecule has 3 nitrogen and oxygen atoms in total. The zero-order chi connectivity index (χ0) is 62.9. The summed E-state index contributed by atoms with van der Waals surface area (Å²) in [5, 5.41) is 0.